The minimum absolute atomic E-state index is 0.0802. The van der Waals surface area contributed by atoms with Crippen LogP contribution in [0.3, 0.4) is 0 Å². The van der Waals surface area contributed by atoms with E-state index < -0.39 is 5.54 Å². The Kier molecular flexibility index (Phi) is 5.72. The molecule has 3 N–H and O–H groups in total. The van der Waals surface area contributed by atoms with Crippen LogP contribution in [0.1, 0.15) is 62.0 Å². The highest BCUT2D eigenvalue weighted by molar-refractivity contribution is 5.99. The Morgan fingerprint density at radius 1 is 1.31 bits per heavy atom. The van der Waals surface area contributed by atoms with Gasteiger partial charge in [0.1, 0.15) is 0 Å². The number of carbonyl (C=O) groups excluding carboxylic acids is 2. The molecule has 0 saturated carbocycles. The molecule has 2 aromatic rings. The summed E-state index contributed by atoms with van der Waals surface area (Å²) in [5.41, 5.74) is 6.66. The van der Waals surface area contributed by atoms with Gasteiger partial charge in [0.05, 0.1) is 24.5 Å². The predicted octanol–water partition coefficient (Wildman–Crippen LogP) is 2.63. The Balaban J connectivity index is 1.67. The summed E-state index contributed by atoms with van der Waals surface area (Å²) < 4.78 is 5.26. The number of carbonyl (C=O) groups is 2. The van der Waals surface area contributed by atoms with Gasteiger partial charge in [-0.2, -0.15) is 0 Å². The molecule has 8 nitrogen and oxygen atoms in total. The lowest BCUT2D eigenvalue weighted by atomic mass is 9.84. The van der Waals surface area contributed by atoms with Crippen LogP contribution in [0.5, 0.6) is 0 Å². The average Bonchev–Trinajstić information content (AvgIpc) is 3.14. The van der Waals surface area contributed by atoms with Crippen LogP contribution in [0.2, 0.25) is 0 Å². The maximum absolute atomic E-state index is 12.6. The number of nitrogens with two attached hydrogens (primary N) is 1. The molecule has 0 aliphatic carbocycles. The van der Waals surface area contributed by atoms with Gasteiger partial charge in [-0.3, -0.25) is 14.5 Å². The summed E-state index contributed by atoms with van der Waals surface area (Å²) in [6, 6.07) is 11.0. The number of benzene rings is 1. The lowest BCUT2D eigenvalue weighted by Crippen LogP contribution is -2.51. The maximum Gasteiger partial charge on any atom is 0.273 e. The van der Waals surface area contributed by atoms with Crippen molar-refractivity contribution >= 4 is 17.8 Å². The smallest absolute Gasteiger partial charge is 0.273 e. The number of nitrogens with zero attached hydrogens (tertiary/aromatic N) is 3. The van der Waals surface area contributed by atoms with Gasteiger partial charge in [-0.1, -0.05) is 49.3 Å². The normalized spacial score (nSPS) is 20.5. The molecule has 154 valence electrons. The van der Waals surface area contributed by atoms with Crippen LogP contribution in [0.4, 0.5) is 0 Å². The van der Waals surface area contributed by atoms with Crippen LogP contribution < -0.4 is 11.1 Å². The van der Waals surface area contributed by atoms with E-state index in [1.54, 1.807) is 0 Å². The molecule has 2 heterocycles. The molecular weight excluding hydrogens is 370 g/mol. The van der Waals surface area contributed by atoms with Crippen molar-refractivity contribution in [1.82, 2.24) is 15.4 Å². The first kappa shape index (κ1) is 20.6. The summed E-state index contributed by atoms with van der Waals surface area (Å²) in [6.07, 6.45) is 0.265. The lowest BCUT2D eigenvalue weighted by Gasteiger charge is -2.37. The van der Waals surface area contributed by atoms with Crippen LogP contribution in [-0.4, -0.2) is 33.4 Å². The monoisotopic (exact) mass is 397 g/mol. The number of rotatable bonds is 6. The molecular formula is C21H27N5O3. The molecule has 3 rings (SSSR count). The first-order chi connectivity index (χ1) is 13.7. The number of hydrogen-bond donors (Lipinski definition) is 2. The van der Waals surface area contributed by atoms with E-state index in [2.05, 4.69) is 15.5 Å². The number of aromatic nitrogens is 1. The maximum atomic E-state index is 12.6. The van der Waals surface area contributed by atoms with E-state index in [1.807, 2.05) is 58.0 Å². The van der Waals surface area contributed by atoms with Gasteiger partial charge in [0.15, 0.2) is 17.4 Å². The van der Waals surface area contributed by atoms with E-state index in [-0.39, 0.29) is 48.4 Å². The van der Waals surface area contributed by atoms with Crippen molar-refractivity contribution in [3.8, 4) is 0 Å². The van der Waals surface area contributed by atoms with Crippen molar-refractivity contribution in [2.75, 3.05) is 0 Å². The Morgan fingerprint density at radius 2 is 2.00 bits per heavy atom. The fraction of sp³-hybridized carbons (Fsp3) is 0.429. The molecule has 8 heteroatoms. The van der Waals surface area contributed by atoms with Gasteiger partial charge in [0, 0.05) is 6.07 Å². The molecule has 1 aromatic carbocycles. The molecule has 0 radical (unpaired) electrons. The van der Waals surface area contributed by atoms with Crippen molar-refractivity contribution in [1.29, 1.82) is 0 Å². The molecule has 0 saturated heterocycles. The second kappa shape index (κ2) is 8.06. The number of guanidine groups is 1. The lowest BCUT2D eigenvalue weighted by molar-refractivity contribution is -0.130. The van der Waals surface area contributed by atoms with E-state index >= 15 is 0 Å². The third-order valence-corrected chi connectivity index (χ3v) is 5.45. The molecule has 2 unspecified atom stereocenters. The molecule has 1 aromatic heterocycles. The number of amides is 2. The summed E-state index contributed by atoms with van der Waals surface area (Å²) in [5.74, 6) is 0.211. The first-order valence-electron chi connectivity index (χ1n) is 9.66. The van der Waals surface area contributed by atoms with Gasteiger partial charge in [-0.05, 0) is 25.3 Å². The Hall–Kier alpha value is -3.16. The highest BCUT2D eigenvalue weighted by Crippen LogP contribution is 2.30. The predicted molar refractivity (Wildman–Crippen MR) is 109 cm³/mol. The fourth-order valence-corrected chi connectivity index (χ4v) is 3.14. The molecule has 0 fully saturated rings. The van der Waals surface area contributed by atoms with E-state index in [4.69, 9.17) is 10.3 Å². The number of aliphatic imine (C=N–C) groups is 1. The van der Waals surface area contributed by atoms with Gasteiger partial charge in [0.2, 0.25) is 5.91 Å². The largest absolute Gasteiger partial charge is 0.369 e. The summed E-state index contributed by atoms with van der Waals surface area (Å²) in [6.45, 7) is 7.92. The quantitative estimate of drug-likeness (QED) is 0.778. The second-order valence-electron chi connectivity index (χ2n) is 7.92. The van der Waals surface area contributed by atoms with Crippen molar-refractivity contribution in [3.05, 3.63) is 53.4 Å². The van der Waals surface area contributed by atoms with Gasteiger partial charge < -0.3 is 15.6 Å². The Bertz CT molecular complexity index is 921. The van der Waals surface area contributed by atoms with Crippen molar-refractivity contribution < 1.29 is 14.1 Å². The SMILES string of the molecule is CC(NC(=O)c1cc(CN2C(=O)CC(C)(C(C)C)N=C2N)on1)c1ccccc1. The average molecular weight is 397 g/mol. The first-order valence-corrected chi connectivity index (χ1v) is 9.66. The van der Waals surface area contributed by atoms with Crippen molar-refractivity contribution in [2.24, 2.45) is 16.6 Å². The number of nitrogens with one attached hydrogen (secondary N) is 1. The van der Waals surface area contributed by atoms with E-state index in [9.17, 15) is 9.59 Å². The van der Waals surface area contributed by atoms with E-state index in [0.29, 0.717) is 5.76 Å². The minimum atomic E-state index is -0.516. The Labute approximate surface area is 170 Å². The molecule has 2 amide bonds. The molecule has 0 bridgehead atoms. The van der Waals surface area contributed by atoms with E-state index in [1.165, 1.54) is 11.0 Å². The van der Waals surface area contributed by atoms with Crippen LogP contribution >= 0.6 is 0 Å². The summed E-state index contributed by atoms with van der Waals surface area (Å²) in [7, 11) is 0. The zero-order chi connectivity index (χ0) is 21.2. The summed E-state index contributed by atoms with van der Waals surface area (Å²) in [4.78, 5) is 30.9. The van der Waals surface area contributed by atoms with Gasteiger partial charge in [-0.15, -0.1) is 0 Å². The van der Waals surface area contributed by atoms with Gasteiger partial charge in [0.25, 0.3) is 5.91 Å². The van der Waals surface area contributed by atoms with E-state index in [0.717, 1.165) is 5.56 Å². The second-order valence-corrected chi connectivity index (χ2v) is 7.92. The van der Waals surface area contributed by atoms with Crippen LogP contribution in [0.25, 0.3) is 0 Å². The van der Waals surface area contributed by atoms with Gasteiger partial charge >= 0.3 is 0 Å². The molecule has 1 aliphatic heterocycles. The Morgan fingerprint density at radius 3 is 2.62 bits per heavy atom. The zero-order valence-electron chi connectivity index (χ0n) is 17.2. The molecule has 2 atom stereocenters. The van der Waals surface area contributed by atoms with Crippen LogP contribution in [-0.2, 0) is 11.3 Å². The van der Waals surface area contributed by atoms with Crippen LogP contribution in [0.15, 0.2) is 45.9 Å². The zero-order valence-corrected chi connectivity index (χ0v) is 17.2. The van der Waals surface area contributed by atoms with Crippen molar-refractivity contribution in [3.63, 3.8) is 0 Å². The minimum Gasteiger partial charge on any atom is -0.369 e. The van der Waals surface area contributed by atoms with Gasteiger partial charge in [-0.25, -0.2) is 4.99 Å². The third kappa shape index (κ3) is 4.47. The topological polar surface area (TPSA) is 114 Å². The third-order valence-electron chi connectivity index (χ3n) is 5.45. The molecule has 1 aliphatic rings. The summed E-state index contributed by atoms with van der Waals surface area (Å²) in [5, 5.41) is 6.71. The fourth-order valence-electron chi connectivity index (χ4n) is 3.14. The summed E-state index contributed by atoms with van der Waals surface area (Å²) >= 11 is 0. The highest BCUT2D eigenvalue weighted by atomic mass is 16.5. The highest BCUT2D eigenvalue weighted by Gasteiger charge is 2.38. The molecule has 29 heavy (non-hydrogen) atoms. The number of hydrogen-bond acceptors (Lipinski definition) is 6. The standard InChI is InChI=1S/C21H27N5O3/c1-13(2)21(4)11-18(27)26(20(22)24-21)12-16-10-17(25-29-16)19(28)23-14(3)15-8-6-5-7-9-15/h5-10,13-14H,11-12H2,1-4H3,(H2,22,24)(H,23,28). The van der Waals surface area contributed by atoms with Crippen molar-refractivity contribution in [2.45, 2.75) is 52.2 Å². The molecule has 0 spiro atoms. The van der Waals surface area contributed by atoms with Crippen LogP contribution in [0, 0.1) is 5.92 Å².